The molecule has 0 heterocycles. The summed E-state index contributed by atoms with van der Waals surface area (Å²) in [5.74, 6) is -2.32. The molecule has 104 valence electrons. The van der Waals surface area contributed by atoms with Gasteiger partial charge in [-0.05, 0) is 35.9 Å². The van der Waals surface area contributed by atoms with Crippen LogP contribution in [0.15, 0.2) is 36.4 Å². The molecule has 2 aromatic rings. The van der Waals surface area contributed by atoms with Crippen molar-refractivity contribution in [3.05, 3.63) is 64.2 Å². The molecule has 0 atom stereocenters. The van der Waals surface area contributed by atoms with Crippen LogP contribution in [0.3, 0.4) is 0 Å². The van der Waals surface area contributed by atoms with Gasteiger partial charge in [0.05, 0.1) is 10.6 Å². The van der Waals surface area contributed by atoms with Crippen LogP contribution in [0.1, 0.15) is 15.9 Å². The summed E-state index contributed by atoms with van der Waals surface area (Å²) in [5.41, 5.74) is 0.156. The fourth-order valence-corrected chi connectivity index (χ4v) is 1.71. The van der Waals surface area contributed by atoms with Crippen LogP contribution < -0.4 is 4.74 Å². The molecule has 3 nitrogen and oxygen atoms in total. The van der Waals surface area contributed by atoms with Crippen molar-refractivity contribution in [3.8, 4) is 5.75 Å². The lowest BCUT2D eigenvalue weighted by molar-refractivity contribution is 0.0696. The van der Waals surface area contributed by atoms with Crippen LogP contribution >= 0.6 is 11.6 Å². The molecule has 20 heavy (non-hydrogen) atoms. The van der Waals surface area contributed by atoms with Crippen LogP contribution in [0, 0.1) is 11.6 Å². The standard InChI is InChI=1S/C14H9ClF2O3/c15-12-2-1-11(6-13(12)17)20-7-8-3-9(14(18)19)5-10(16)4-8/h1-6H,7H2,(H,18,19). The number of hydrogen-bond donors (Lipinski definition) is 1. The molecule has 0 fully saturated rings. The fourth-order valence-electron chi connectivity index (χ4n) is 1.59. The molecule has 0 spiro atoms. The first-order valence-corrected chi connectivity index (χ1v) is 5.94. The van der Waals surface area contributed by atoms with Gasteiger partial charge in [0.2, 0.25) is 0 Å². The average molecular weight is 299 g/mol. The molecule has 0 aromatic heterocycles. The highest BCUT2D eigenvalue weighted by Gasteiger charge is 2.08. The number of carboxylic acid groups (broad SMARTS) is 1. The van der Waals surface area contributed by atoms with E-state index >= 15 is 0 Å². The molecular weight excluding hydrogens is 290 g/mol. The minimum atomic E-state index is -1.23. The Balaban J connectivity index is 2.14. The van der Waals surface area contributed by atoms with E-state index in [2.05, 4.69) is 0 Å². The number of halogens is 3. The molecule has 2 rings (SSSR count). The summed E-state index contributed by atoms with van der Waals surface area (Å²) in [5, 5.41) is 8.78. The van der Waals surface area contributed by atoms with E-state index in [0.29, 0.717) is 5.56 Å². The largest absolute Gasteiger partial charge is 0.489 e. The predicted octanol–water partition coefficient (Wildman–Crippen LogP) is 3.90. The minimum absolute atomic E-state index is 0.0312. The van der Waals surface area contributed by atoms with Gasteiger partial charge in [0.15, 0.2) is 0 Å². The number of benzene rings is 2. The maximum Gasteiger partial charge on any atom is 0.335 e. The maximum absolute atomic E-state index is 13.2. The fraction of sp³-hybridized carbons (Fsp3) is 0.0714. The smallest absolute Gasteiger partial charge is 0.335 e. The van der Waals surface area contributed by atoms with Gasteiger partial charge in [0.1, 0.15) is 24.0 Å². The summed E-state index contributed by atoms with van der Waals surface area (Å²) in [7, 11) is 0. The Morgan fingerprint density at radius 1 is 1.20 bits per heavy atom. The number of carbonyl (C=O) groups is 1. The van der Waals surface area contributed by atoms with Crippen molar-refractivity contribution >= 4 is 17.6 Å². The van der Waals surface area contributed by atoms with Crippen molar-refractivity contribution in [1.29, 1.82) is 0 Å². The lowest BCUT2D eigenvalue weighted by Crippen LogP contribution is -2.02. The van der Waals surface area contributed by atoms with Crippen molar-refractivity contribution in [3.63, 3.8) is 0 Å². The van der Waals surface area contributed by atoms with Gasteiger partial charge in [-0.3, -0.25) is 0 Å². The third kappa shape index (κ3) is 3.45. The van der Waals surface area contributed by atoms with Crippen LogP contribution in [-0.2, 0) is 6.61 Å². The molecule has 0 aliphatic rings. The molecule has 0 saturated heterocycles. The van der Waals surface area contributed by atoms with Crippen molar-refractivity contribution in [2.75, 3.05) is 0 Å². The Morgan fingerprint density at radius 2 is 1.95 bits per heavy atom. The van der Waals surface area contributed by atoms with Crippen molar-refractivity contribution < 1.29 is 23.4 Å². The number of carboxylic acids is 1. The zero-order valence-corrected chi connectivity index (χ0v) is 10.8. The van der Waals surface area contributed by atoms with Gasteiger partial charge in [-0.25, -0.2) is 13.6 Å². The van der Waals surface area contributed by atoms with Crippen LogP contribution in [0.5, 0.6) is 5.75 Å². The first-order chi connectivity index (χ1) is 9.45. The molecule has 0 amide bonds. The highest BCUT2D eigenvalue weighted by Crippen LogP contribution is 2.21. The normalized spacial score (nSPS) is 10.3. The zero-order valence-electron chi connectivity index (χ0n) is 10.1. The number of hydrogen-bond acceptors (Lipinski definition) is 2. The third-order valence-electron chi connectivity index (χ3n) is 2.50. The van der Waals surface area contributed by atoms with E-state index in [9.17, 15) is 13.6 Å². The summed E-state index contributed by atoms with van der Waals surface area (Å²) in [6.45, 7) is -0.0842. The lowest BCUT2D eigenvalue weighted by Gasteiger charge is -2.08. The van der Waals surface area contributed by atoms with E-state index < -0.39 is 17.6 Å². The van der Waals surface area contributed by atoms with E-state index in [0.717, 1.165) is 18.2 Å². The topological polar surface area (TPSA) is 46.5 Å². The van der Waals surface area contributed by atoms with E-state index in [4.69, 9.17) is 21.4 Å². The van der Waals surface area contributed by atoms with Gasteiger partial charge in [-0.1, -0.05) is 11.6 Å². The summed E-state index contributed by atoms with van der Waals surface area (Å²) >= 11 is 5.53. The SMILES string of the molecule is O=C(O)c1cc(F)cc(COc2ccc(Cl)c(F)c2)c1. The third-order valence-corrected chi connectivity index (χ3v) is 2.81. The molecule has 6 heteroatoms. The van der Waals surface area contributed by atoms with Crippen molar-refractivity contribution in [2.45, 2.75) is 6.61 Å². The Labute approximate surface area is 118 Å². The summed E-state index contributed by atoms with van der Waals surface area (Å²) in [6, 6.07) is 7.24. The molecule has 0 saturated carbocycles. The van der Waals surface area contributed by atoms with Gasteiger partial charge in [0.25, 0.3) is 0 Å². The Hall–Kier alpha value is -2.14. The molecular formula is C14H9ClF2O3. The molecule has 0 radical (unpaired) electrons. The second-order valence-corrected chi connectivity index (χ2v) is 4.43. The molecule has 0 aliphatic carbocycles. The van der Waals surface area contributed by atoms with Gasteiger partial charge in [-0.15, -0.1) is 0 Å². The first kappa shape index (κ1) is 14.3. The Kier molecular flexibility index (Phi) is 4.20. The summed E-state index contributed by atoms with van der Waals surface area (Å²) in [4.78, 5) is 10.8. The quantitative estimate of drug-likeness (QED) is 0.931. The molecule has 0 aliphatic heterocycles. The maximum atomic E-state index is 13.2. The average Bonchev–Trinajstić information content (AvgIpc) is 2.39. The van der Waals surface area contributed by atoms with Gasteiger partial charge < -0.3 is 9.84 Å². The van der Waals surface area contributed by atoms with Crippen LogP contribution in [0.4, 0.5) is 8.78 Å². The highest BCUT2D eigenvalue weighted by atomic mass is 35.5. The van der Waals surface area contributed by atoms with Gasteiger partial charge in [0, 0.05) is 6.07 Å². The second kappa shape index (κ2) is 5.88. The monoisotopic (exact) mass is 298 g/mol. The summed E-state index contributed by atoms with van der Waals surface area (Å²) < 4.78 is 31.7. The van der Waals surface area contributed by atoms with Crippen molar-refractivity contribution in [2.24, 2.45) is 0 Å². The van der Waals surface area contributed by atoms with Crippen LogP contribution in [-0.4, -0.2) is 11.1 Å². The minimum Gasteiger partial charge on any atom is -0.489 e. The van der Waals surface area contributed by atoms with E-state index in [-0.39, 0.29) is 22.9 Å². The van der Waals surface area contributed by atoms with Crippen molar-refractivity contribution in [1.82, 2.24) is 0 Å². The molecule has 0 unspecified atom stereocenters. The van der Waals surface area contributed by atoms with Crippen LogP contribution in [0.2, 0.25) is 5.02 Å². The molecule has 2 aromatic carbocycles. The summed E-state index contributed by atoms with van der Waals surface area (Å²) in [6.07, 6.45) is 0. The predicted molar refractivity (Wildman–Crippen MR) is 69.1 cm³/mol. The first-order valence-electron chi connectivity index (χ1n) is 5.56. The number of rotatable bonds is 4. The lowest BCUT2D eigenvalue weighted by atomic mass is 10.1. The van der Waals surface area contributed by atoms with E-state index in [1.807, 2.05) is 0 Å². The Bertz CT molecular complexity index is 659. The molecule has 0 bridgehead atoms. The number of aromatic carboxylic acids is 1. The van der Waals surface area contributed by atoms with Crippen LogP contribution in [0.25, 0.3) is 0 Å². The number of ether oxygens (including phenoxy) is 1. The second-order valence-electron chi connectivity index (χ2n) is 4.02. The molecule has 1 N–H and O–H groups in total. The highest BCUT2D eigenvalue weighted by molar-refractivity contribution is 6.30. The van der Waals surface area contributed by atoms with E-state index in [1.165, 1.54) is 18.2 Å². The van der Waals surface area contributed by atoms with Gasteiger partial charge in [-0.2, -0.15) is 0 Å². The zero-order chi connectivity index (χ0) is 14.7. The van der Waals surface area contributed by atoms with E-state index in [1.54, 1.807) is 0 Å². The Morgan fingerprint density at radius 3 is 2.60 bits per heavy atom. The van der Waals surface area contributed by atoms with Gasteiger partial charge >= 0.3 is 5.97 Å².